The number of likely N-dealkylation sites (N-methyl/N-ethyl adjacent to an activating group) is 1. The standard InChI is InChI=1S/C14H20N2O2/c1-4-15-13(17)9-11-5-7-12(8-6-11)16-14(18)10(2)3/h5-8,10H,4,9H2,1-3H3,(H,15,17)(H,16,18). The average Bonchev–Trinajstić information content (AvgIpc) is 2.31. The van der Waals surface area contributed by atoms with Crippen LogP contribution in [-0.2, 0) is 16.0 Å². The fraction of sp³-hybridized carbons (Fsp3) is 0.429. The highest BCUT2D eigenvalue weighted by atomic mass is 16.2. The zero-order valence-electron chi connectivity index (χ0n) is 11.1. The molecular weight excluding hydrogens is 228 g/mol. The Balaban J connectivity index is 2.57. The lowest BCUT2D eigenvalue weighted by Crippen LogP contribution is -2.24. The number of anilines is 1. The van der Waals surface area contributed by atoms with Crippen LogP contribution in [-0.4, -0.2) is 18.4 Å². The molecule has 1 rings (SSSR count). The maximum Gasteiger partial charge on any atom is 0.226 e. The van der Waals surface area contributed by atoms with Crippen molar-refractivity contribution in [1.82, 2.24) is 5.32 Å². The van der Waals surface area contributed by atoms with E-state index in [1.807, 2.05) is 45.0 Å². The van der Waals surface area contributed by atoms with Gasteiger partial charge in [0.15, 0.2) is 0 Å². The van der Waals surface area contributed by atoms with E-state index < -0.39 is 0 Å². The van der Waals surface area contributed by atoms with Crippen molar-refractivity contribution in [3.05, 3.63) is 29.8 Å². The van der Waals surface area contributed by atoms with Gasteiger partial charge in [0.2, 0.25) is 11.8 Å². The van der Waals surface area contributed by atoms with Crippen molar-refractivity contribution in [1.29, 1.82) is 0 Å². The molecule has 0 fully saturated rings. The summed E-state index contributed by atoms with van der Waals surface area (Å²) in [5.74, 6) is -0.0389. The second-order valence-electron chi connectivity index (χ2n) is 4.47. The molecule has 1 aromatic carbocycles. The van der Waals surface area contributed by atoms with Crippen molar-refractivity contribution in [2.24, 2.45) is 5.92 Å². The summed E-state index contributed by atoms with van der Waals surface area (Å²) in [5, 5.41) is 5.55. The molecule has 1 aromatic rings. The first-order valence-electron chi connectivity index (χ1n) is 6.19. The molecule has 98 valence electrons. The smallest absolute Gasteiger partial charge is 0.226 e. The number of carbonyl (C=O) groups is 2. The number of benzene rings is 1. The van der Waals surface area contributed by atoms with Crippen LogP contribution in [0.4, 0.5) is 5.69 Å². The van der Waals surface area contributed by atoms with E-state index in [0.717, 1.165) is 11.3 Å². The maximum absolute atomic E-state index is 11.5. The lowest BCUT2D eigenvalue weighted by atomic mass is 10.1. The highest BCUT2D eigenvalue weighted by molar-refractivity contribution is 5.92. The summed E-state index contributed by atoms with van der Waals surface area (Å²) < 4.78 is 0. The van der Waals surface area contributed by atoms with Crippen LogP contribution in [0, 0.1) is 5.92 Å². The van der Waals surface area contributed by atoms with Crippen LogP contribution in [0.15, 0.2) is 24.3 Å². The number of amides is 2. The van der Waals surface area contributed by atoms with Crippen LogP contribution >= 0.6 is 0 Å². The second kappa shape index (κ2) is 6.79. The molecular formula is C14H20N2O2. The first-order chi connectivity index (χ1) is 8.52. The Morgan fingerprint density at radius 2 is 1.78 bits per heavy atom. The van der Waals surface area contributed by atoms with Gasteiger partial charge in [-0.25, -0.2) is 0 Å². The topological polar surface area (TPSA) is 58.2 Å². The van der Waals surface area contributed by atoms with E-state index in [1.165, 1.54) is 0 Å². The van der Waals surface area contributed by atoms with Gasteiger partial charge in [-0.2, -0.15) is 0 Å². The van der Waals surface area contributed by atoms with E-state index in [4.69, 9.17) is 0 Å². The van der Waals surface area contributed by atoms with Gasteiger partial charge in [0.1, 0.15) is 0 Å². The Kier molecular flexibility index (Phi) is 5.36. The molecule has 0 aliphatic rings. The zero-order valence-corrected chi connectivity index (χ0v) is 11.1. The van der Waals surface area contributed by atoms with Crippen molar-refractivity contribution >= 4 is 17.5 Å². The molecule has 0 aliphatic heterocycles. The largest absolute Gasteiger partial charge is 0.356 e. The molecule has 4 nitrogen and oxygen atoms in total. The Morgan fingerprint density at radius 3 is 2.28 bits per heavy atom. The molecule has 18 heavy (non-hydrogen) atoms. The Hall–Kier alpha value is -1.84. The van der Waals surface area contributed by atoms with Crippen molar-refractivity contribution in [3.8, 4) is 0 Å². The van der Waals surface area contributed by atoms with Gasteiger partial charge in [0.05, 0.1) is 6.42 Å². The second-order valence-corrected chi connectivity index (χ2v) is 4.47. The van der Waals surface area contributed by atoms with Gasteiger partial charge in [0, 0.05) is 18.2 Å². The minimum atomic E-state index is -0.0417. The predicted molar refractivity (Wildman–Crippen MR) is 72.3 cm³/mol. The van der Waals surface area contributed by atoms with Crippen LogP contribution in [0.3, 0.4) is 0 Å². The fourth-order valence-corrected chi connectivity index (χ4v) is 1.44. The summed E-state index contributed by atoms with van der Waals surface area (Å²) in [4.78, 5) is 22.9. The van der Waals surface area contributed by atoms with Crippen molar-refractivity contribution in [2.45, 2.75) is 27.2 Å². The maximum atomic E-state index is 11.5. The van der Waals surface area contributed by atoms with E-state index in [-0.39, 0.29) is 17.7 Å². The minimum absolute atomic E-state index is 0.00789. The summed E-state index contributed by atoms with van der Waals surface area (Å²) in [6, 6.07) is 7.33. The zero-order chi connectivity index (χ0) is 13.5. The molecule has 0 aromatic heterocycles. The van der Waals surface area contributed by atoms with Crippen LogP contribution in [0.1, 0.15) is 26.3 Å². The summed E-state index contributed by atoms with van der Waals surface area (Å²) in [6.45, 7) is 6.22. The van der Waals surface area contributed by atoms with Gasteiger partial charge in [-0.05, 0) is 24.6 Å². The van der Waals surface area contributed by atoms with E-state index in [2.05, 4.69) is 10.6 Å². The molecule has 0 heterocycles. The summed E-state index contributed by atoms with van der Waals surface area (Å²) in [5.41, 5.74) is 1.69. The van der Waals surface area contributed by atoms with Gasteiger partial charge >= 0.3 is 0 Å². The monoisotopic (exact) mass is 248 g/mol. The molecule has 4 heteroatoms. The Labute approximate surface area is 108 Å². The first-order valence-corrected chi connectivity index (χ1v) is 6.19. The molecule has 0 saturated carbocycles. The number of rotatable bonds is 5. The molecule has 2 N–H and O–H groups in total. The van der Waals surface area contributed by atoms with Crippen molar-refractivity contribution < 1.29 is 9.59 Å². The molecule has 2 amide bonds. The van der Waals surface area contributed by atoms with Crippen LogP contribution in [0.25, 0.3) is 0 Å². The third-order valence-electron chi connectivity index (χ3n) is 2.48. The van der Waals surface area contributed by atoms with Crippen LogP contribution in [0.2, 0.25) is 0 Å². The van der Waals surface area contributed by atoms with E-state index in [1.54, 1.807) is 0 Å². The third-order valence-corrected chi connectivity index (χ3v) is 2.48. The highest BCUT2D eigenvalue weighted by Gasteiger charge is 2.07. The fourth-order valence-electron chi connectivity index (χ4n) is 1.44. The van der Waals surface area contributed by atoms with E-state index >= 15 is 0 Å². The lowest BCUT2D eigenvalue weighted by Gasteiger charge is -2.08. The first kappa shape index (κ1) is 14.2. The molecule has 0 radical (unpaired) electrons. The van der Waals surface area contributed by atoms with Gasteiger partial charge < -0.3 is 10.6 Å². The molecule has 0 aliphatic carbocycles. The minimum Gasteiger partial charge on any atom is -0.356 e. The number of nitrogens with one attached hydrogen (secondary N) is 2. The van der Waals surface area contributed by atoms with Crippen molar-refractivity contribution in [3.63, 3.8) is 0 Å². The lowest BCUT2D eigenvalue weighted by molar-refractivity contribution is -0.120. The normalized spacial score (nSPS) is 10.2. The van der Waals surface area contributed by atoms with Gasteiger partial charge in [-0.3, -0.25) is 9.59 Å². The quantitative estimate of drug-likeness (QED) is 0.837. The SMILES string of the molecule is CCNC(=O)Cc1ccc(NC(=O)C(C)C)cc1. The third kappa shape index (κ3) is 4.57. The van der Waals surface area contributed by atoms with Crippen molar-refractivity contribution in [2.75, 3.05) is 11.9 Å². The Morgan fingerprint density at radius 1 is 1.17 bits per heavy atom. The molecule has 0 saturated heterocycles. The average molecular weight is 248 g/mol. The summed E-state index contributed by atoms with van der Waals surface area (Å²) in [6.07, 6.45) is 0.367. The van der Waals surface area contributed by atoms with Gasteiger partial charge in [-0.1, -0.05) is 26.0 Å². The summed E-state index contributed by atoms with van der Waals surface area (Å²) in [7, 11) is 0. The molecule has 0 bridgehead atoms. The molecule has 0 atom stereocenters. The molecule has 0 unspecified atom stereocenters. The van der Waals surface area contributed by atoms with E-state index in [9.17, 15) is 9.59 Å². The highest BCUT2D eigenvalue weighted by Crippen LogP contribution is 2.11. The van der Waals surface area contributed by atoms with Crippen LogP contribution < -0.4 is 10.6 Å². The number of carbonyl (C=O) groups excluding carboxylic acids is 2. The van der Waals surface area contributed by atoms with Crippen LogP contribution in [0.5, 0.6) is 0 Å². The molecule has 0 spiro atoms. The van der Waals surface area contributed by atoms with Gasteiger partial charge in [0.25, 0.3) is 0 Å². The predicted octanol–water partition coefficient (Wildman–Crippen LogP) is 1.96. The number of hydrogen-bond acceptors (Lipinski definition) is 2. The summed E-state index contributed by atoms with van der Waals surface area (Å²) >= 11 is 0. The Bertz CT molecular complexity index is 410. The van der Waals surface area contributed by atoms with Gasteiger partial charge in [-0.15, -0.1) is 0 Å². The van der Waals surface area contributed by atoms with E-state index in [0.29, 0.717) is 13.0 Å². The number of hydrogen-bond donors (Lipinski definition) is 2.